The molecule has 2 heterocycles. The van der Waals surface area contributed by atoms with E-state index in [1.165, 1.54) is 6.21 Å². The van der Waals surface area contributed by atoms with E-state index in [-0.39, 0.29) is 18.0 Å². The number of nitrogens with zero attached hydrogens (tertiary/aromatic N) is 3. The van der Waals surface area contributed by atoms with Gasteiger partial charge in [0.2, 0.25) is 0 Å². The van der Waals surface area contributed by atoms with E-state index < -0.39 is 17.7 Å². The number of carbonyl (C=O) groups excluding carboxylic acids is 1. The van der Waals surface area contributed by atoms with E-state index in [0.29, 0.717) is 36.2 Å². The number of alkyl halides is 2. The monoisotopic (exact) mass is 465 g/mol. The summed E-state index contributed by atoms with van der Waals surface area (Å²) in [6, 6.07) is 1.75. The number of nitrogens with one attached hydrogen (secondary N) is 3. The molecule has 0 radical (unpaired) electrons. The number of aromatic nitrogens is 1. The third kappa shape index (κ3) is 6.68. The van der Waals surface area contributed by atoms with E-state index in [9.17, 15) is 13.6 Å². The fraction of sp³-hybridized carbons (Fsp3) is 0.292. The number of hydrogen-bond donors (Lipinski definition) is 4. The largest absolute Gasteiger partial charge is 0.384 e. The lowest BCUT2D eigenvalue weighted by Crippen LogP contribution is -2.37. The Hall–Kier alpha value is -4.13. The number of aliphatic imine (C=N–C) groups is 1. The predicted octanol–water partition coefficient (Wildman–Crippen LogP) is 3.16. The molecule has 1 fully saturated rings. The predicted molar refractivity (Wildman–Crippen MR) is 129 cm³/mol. The van der Waals surface area contributed by atoms with Gasteiger partial charge in [0, 0.05) is 42.6 Å². The lowest BCUT2D eigenvalue weighted by molar-refractivity contribution is -0.120. The number of amides is 1. The standard InChI is InChI=1S/C24H25F2N7O/c1-16-3-5-19(23(34)32-22(28)13-21-24(25,26)7-2-9-30-21)12-18(16)6-4-17-11-20(15-29-14-17)33-31-10-8-27/h3,8,10-15,19,27,30,33H,2,5,7,9H2,1H3,(H2,28,32,34)/b21-13-,27-8?,31-10-/t19-/m0/s1. The van der Waals surface area contributed by atoms with Gasteiger partial charge in [0.1, 0.15) is 5.84 Å². The third-order valence-corrected chi connectivity index (χ3v) is 5.12. The van der Waals surface area contributed by atoms with Crippen molar-refractivity contribution in [2.75, 3.05) is 12.0 Å². The number of hydrogen-bond acceptors (Lipinski definition) is 6. The summed E-state index contributed by atoms with van der Waals surface area (Å²) in [7, 11) is 0. The number of halogens is 2. The van der Waals surface area contributed by atoms with Crippen molar-refractivity contribution in [3.05, 3.63) is 59.1 Å². The highest BCUT2D eigenvalue weighted by molar-refractivity contribution is 6.14. The van der Waals surface area contributed by atoms with Gasteiger partial charge in [0.15, 0.2) is 0 Å². The molecule has 0 spiro atoms. The first-order valence-electron chi connectivity index (χ1n) is 10.6. The van der Waals surface area contributed by atoms with Gasteiger partial charge in [-0.2, -0.15) is 18.9 Å². The van der Waals surface area contributed by atoms with Gasteiger partial charge in [0.05, 0.1) is 29.7 Å². The van der Waals surface area contributed by atoms with Gasteiger partial charge >= 0.3 is 0 Å². The molecule has 3 rings (SSSR count). The van der Waals surface area contributed by atoms with Crippen molar-refractivity contribution in [3.8, 4) is 11.8 Å². The number of anilines is 1. The lowest BCUT2D eigenvalue weighted by atomic mass is 9.91. The maximum absolute atomic E-state index is 14.0. The van der Waals surface area contributed by atoms with Crippen LogP contribution in [-0.2, 0) is 4.79 Å². The van der Waals surface area contributed by atoms with Crippen molar-refractivity contribution in [2.45, 2.75) is 32.1 Å². The number of piperidine rings is 1. The maximum atomic E-state index is 14.0. The van der Waals surface area contributed by atoms with Crippen molar-refractivity contribution in [3.63, 3.8) is 0 Å². The normalized spacial score (nSPS) is 21.1. The Morgan fingerprint density at radius 1 is 1.41 bits per heavy atom. The molecule has 176 valence electrons. The van der Waals surface area contributed by atoms with Crippen LogP contribution in [0, 0.1) is 23.2 Å². The molecule has 34 heavy (non-hydrogen) atoms. The second-order valence-electron chi connectivity index (χ2n) is 7.75. The lowest BCUT2D eigenvalue weighted by Gasteiger charge is -2.26. The Morgan fingerprint density at radius 3 is 3.00 bits per heavy atom. The van der Waals surface area contributed by atoms with Gasteiger partial charge in [-0.25, -0.2) is 0 Å². The molecule has 1 aromatic rings. The molecule has 8 nitrogen and oxygen atoms in total. The van der Waals surface area contributed by atoms with Gasteiger partial charge in [-0.05, 0) is 31.4 Å². The van der Waals surface area contributed by atoms with E-state index in [0.717, 1.165) is 17.9 Å². The number of carbonyl (C=O) groups is 1. The molecule has 10 heteroatoms. The zero-order valence-corrected chi connectivity index (χ0v) is 18.6. The molecule has 2 aliphatic rings. The first-order valence-corrected chi connectivity index (χ1v) is 10.6. The fourth-order valence-electron chi connectivity index (χ4n) is 3.33. The topological polar surface area (TPSA) is 129 Å². The number of nitrogens with two attached hydrogens (primary N) is 1. The minimum absolute atomic E-state index is 0.262. The minimum atomic E-state index is -3.01. The Labute approximate surface area is 196 Å². The number of hydrazone groups is 1. The minimum Gasteiger partial charge on any atom is -0.384 e. The Bertz CT molecular complexity index is 1170. The molecule has 1 amide bonds. The quantitative estimate of drug-likeness (QED) is 0.230. The van der Waals surface area contributed by atoms with Gasteiger partial charge < -0.3 is 16.5 Å². The van der Waals surface area contributed by atoms with Gasteiger partial charge in [0.25, 0.3) is 11.8 Å². The average Bonchev–Trinajstić information content (AvgIpc) is 2.80. The van der Waals surface area contributed by atoms with Crippen LogP contribution in [0.5, 0.6) is 0 Å². The summed E-state index contributed by atoms with van der Waals surface area (Å²) in [4.78, 5) is 20.6. The van der Waals surface area contributed by atoms with Crippen molar-refractivity contribution in [2.24, 2.45) is 21.7 Å². The number of amidine groups is 1. The molecule has 1 atom stereocenters. The highest BCUT2D eigenvalue weighted by Crippen LogP contribution is 2.30. The van der Waals surface area contributed by atoms with E-state index in [2.05, 4.69) is 37.7 Å². The van der Waals surface area contributed by atoms with E-state index in [4.69, 9.17) is 11.1 Å². The van der Waals surface area contributed by atoms with Crippen molar-refractivity contribution in [1.82, 2.24) is 10.3 Å². The van der Waals surface area contributed by atoms with Crippen LogP contribution in [0.2, 0.25) is 0 Å². The summed E-state index contributed by atoms with van der Waals surface area (Å²) in [6.07, 6.45) is 10.6. The summed E-state index contributed by atoms with van der Waals surface area (Å²) in [5.41, 5.74) is 11.0. The zero-order chi connectivity index (χ0) is 24.6. The molecule has 1 aliphatic carbocycles. The fourth-order valence-corrected chi connectivity index (χ4v) is 3.33. The molecular weight excluding hydrogens is 440 g/mol. The van der Waals surface area contributed by atoms with Gasteiger partial charge in [-0.3, -0.25) is 15.2 Å². The first-order chi connectivity index (χ1) is 16.3. The smallest absolute Gasteiger partial charge is 0.287 e. The number of allylic oxidation sites excluding steroid dienone is 4. The maximum Gasteiger partial charge on any atom is 0.287 e. The highest BCUT2D eigenvalue weighted by atomic mass is 19.3. The third-order valence-electron chi connectivity index (χ3n) is 5.12. The molecule has 0 saturated carbocycles. The van der Waals surface area contributed by atoms with Crippen LogP contribution < -0.4 is 16.5 Å². The molecule has 1 saturated heterocycles. The van der Waals surface area contributed by atoms with Crippen LogP contribution >= 0.6 is 0 Å². The Balaban J connectivity index is 1.75. The van der Waals surface area contributed by atoms with Crippen molar-refractivity contribution in [1.29, 1.82) is 5.41 Å². The second-order valence-corrected chi connectivity index (χ2v) is 7.75. The van der Waals surface area contributed by atoms with Gasteiger partial charge in [-0.1, -0.05) is 24.0 Å². The highest BCUT2D eigenvalue weighted by Gasteiger charge is 2.36. The SMILES string of the molecule is CC1=CC[C@H](C(=O)N=C(N)/C=C2\NCCCC2(F)F)C=C1C#Cc1cncc(N/N=C\C=N)c1. The van der Waals surface area contributed by atoms with Gasteiger partial charge in [-0.15, -0.1) is 0 Å². The molecule has 0 unspecified atom stereocenters. The second kappa shape index (κ2) is 11.1. The summed E-state index contributed by atoms with van der Waals surface area (Å²) >= 11 is 0. The first kappa shape index (κ1) is 24.5. The van der Waals surface area contributed by atoms with E-state index in [1.807, 2.05) is 13.0 Å². The van der Waals surface area contributed by atoms with Crippen LogP contribution in [0.15, 0.2) is 63.6 Å². The van der Waals surface area contributed by atoms with Crippen LogP contribution in [0.3, 0.4) is 0 Å². The molecule has 0 bridgehead atoms. The Morgan fingerprint density at radius 2 is 2.24 bits per heavy atom. The van der Waals surface area contributed by atoms with Crippen molar-refractivity contribution >= 4 is 29.9 Å². The molecule has 0 aromatic carbocycles. The Kier molecular flexibility index (Phi) is 8.03. The molecule has 1 aliphatic heterocycles. The summed E-state index contributed by atoms with van der Waals surface area (Å²) in [5.74, 6) is 1.67. The van der Waals surface area contributed by atoms with Crippen LogP contribution in [-0.4, -0.2) is 41.6 Å². The van der Waals surface area contributed by atoms with E-state index in [1.54, 1.807) is 24.5 Å². The summed E-state index contributed by atoms with van der Waals surface area (Å²) in [5, 5.41) is 13.4. The zero-order valence-electron chi connectivity index (χ0n) is 18.6. The van der Waals surface area contributed by atoms with E-state index >= 15 is 0 Å². The average molecular weight is 466 g/mol. The number of rotatable bonds is 5. The van der Waals surface area contributed by atoms with Crippen LogP contribution in [0.1, 0.15) is 31.7 Å². The van der Waals surface area contributed by atoms with Crippen LogP contribution in [0.25, 0.3) is 0 Å². The summed E-state index contributed by atoms with van der Waals surface area (Å²) < 4.78 is 27.9. The van der Waals surface area contributed by atoms with Crippen LogP contribution in [0.4, 0.5) is 14.5 Å². The molecule has 1 aromatic heterocycles. The molecule has 5 N–H and O–H groups in total. The summed E-state index contributed by atoms with van der Waals surface area (Å²) in [6.45, 7) is 2.31. The van der Waals surface area contributed by atoms with Crippen molar-refractivity contribution < 1.29 is 13.6 Å². The number of pyridine rings is 1. The molecular formula is C24H25F2N7O.